The molecule has 2 aromatic rings. The molecule has 0 spiro atoms. The molecular weight excluding hydrogens is 342 g/mol. The Kier molecular flexibility index (Phi) is 6.71. The molecule has 3 rings (SSSR count). The third-order valence-corrected chi connectivity index (χ3v) is 4.75. The molecule has 2 aromatic carbocycles. The first-order chi connectivity index (χ1) is 13.2. The zero-order valence-electron chi connectivity index (χ0n) is 15.8. The van der Waals surface area contributed by atoms with E-state index in [1.54, 1.807) is 23.1 Å². The summed E-state index contributed by atoms with van der Waals surface area (Å²) in [5.74, 6) is 0.701. The van der Waals surface area contributed by atoms with E-state index >= 15 is 0 Å². The van der Waals surface area contributed by atoms with Crippen molar-refractivity contribution in [3.63, 3.8) is 0 Å². The predicted octanol–water partition coefficient (Wildman–Crippen LogP) is 3.89. The van der Waals surface area contributed by atoms with Gasteiger partial charge in [0.25, 0.3) is 0 Å². The first-order valence-electron chi connectivity index (χ1n) is 9.57. The highest BCUT2D eigenvalue weighted by Crippen LogP contribution is 2.26. The van der Waals surface area contributed by atoms with Crippen LogP contribution in [0.25, 0.3) is 0 Å². The van der Waals surface area contributed by atoms with Gasteiger partial charge < -0.3 is 19.5 Å². The van der Waals surface area contributed by atoms with Gasteiger partial charge in [0, 0.05) is 25.1 Å². The van der Waals surface area contributed by atoms with Crippen molar-refractivity contribution in [3.8, 4) is 11.5 Å². The maximum atomic E-state index is 12.8. The summed E-state index contributed by atoms with van der Waals surface area (Å²) in [4.78, 5) is 14.5. The van der Waals surface area contributed by atoms with Crippen molar-refractivity contribution < 1.29 is 19.4 Å². The Morgan fingerprint density at radius 2 is 2.04 bits per heavy atom. The van der Waals surface area contributed by atoms with Crippen LogP contribution in [0.15, 0.2) is 48.5 Å². The van der Waals surface area contributed by atoms with Crippen LogP contribution in [-0.2, 0) is 22.5 Å². The number of hydrogen-bond acceptors (Lipinski definition) is 4. The molecule has 1 heterocycles. The Morgan fingerprint density at radius 3 is 2.74 bits per heavy atom. The van der Waals surface area contributed by atoms with Crippen LogP contribution in [0.5, 0.6) is 11.5 Å². The fourth-order valence-corrected chi connectivity index (χ4v) is 3.19. The van der Waals surface area contributed by atoms with Crippen LogP contribution in [0.2, 0.25) is 0 Å². The summed E-state index contributed by atoms with van der Waals surface area (Å²) in [6.07, 6.45) is 2.88. The molecule has 1 fully saturated rings. The van der Waals surface area contributed by atoms with Gasteiger partial charge in [0.15, 0.2) is 6.29 Å². The van der Waals surface area contributed by atoms with Crippen LogP contribution < -0.4 is 4.74 Å². The fourth-order valence-electron chi connectivity index (χ4n) is 3.19. The van der Waals surface area contributed by atoms with Crippen LogP contribution in [0.4, 0.5) is 0 Å². The number of nitrogens with zero attached hydrogens (tertiary/aromatic N) is 1. The number of phenols is 1. The van der Waals surface area contributed by atoms with Crippen molar-refractivity contribution in [2.24, 2.45) is 0 Å². The summed E-state index contributed by atoms with van der Waals surface area (Å²) in [5, 5.41) is 10.2. The second-order valence-corrected chi connectivity index (χ2v) is 6.77. The van der Waals surface area contributed by atoms with Crippen molar-refractivity contribution in [2.75, 3.05) is 13.2 Å². The van der Waals surface area contributed by atoms with Gasteiger partial charge in [-0.15, -0.1) is 0 Å². The monoisotopic (exact) mass is 369 g/mol. The van der Waals surface area contributed by atoms with E-state index in [4.69, 9.17) is 9.47 Å². The van der Waals surface area contributed by atoms with Crippen LogP contribution in [0, 0.1) is 0 Å². The fraction of sp³-hybridized carbons (Fsp3) is 0.409. The molecule has 5 nitrogen and oxygen atoms in total. The van der Waals surface area contributed by atoms with E-state index in [1.807, 2.05) is 37.3 Å². The number of phenolic OH excluding ortho intramolecular Hbond substituents is 1. The van der Waals surface area contributed by atoms with Crippen molar-refractivity contribution in [2.45, 2.75) is 45.4 Å². The highest BCUT2D eigenvalue weighted by molar-refractivity contribution is 5.79. The van der Waals surface area contributed by atoms with Gasteiger partial charge in [-0.3, -0.25) is 4.79 Å². The van der Waals surface area contributed by atoms with E-state index < -0.39 is 0 Å². The molecule has 1 atom stereocenters. The third-order valence-electron chi connectivity index (χ3n) is 4.75. The lowest BCUT2D eigenvalue weighted by molar-refractivity contribution is -0.130. The van der Waals surface area contributed by atoms with Gasteiger partial charge in [0.1, 0.15) is 11.5 Å². The van der Waals surface area contributed by atoms with Crippen molar-refractivity contribution in [1.82, 2.24) is 4.90 Å². The van der Waals surface area contributed by atoms with Crippen molar-refractivity contribution in [3.05, 3.63) is 59.7 Å². The van der Waals surface area contributed by atoms with Gasteiger partial charge in [0.05, 0.1) is 13.0 Å². The highest BCUT2D eigenvalue weighted by Gasteiger charge is 2.18. The van der Waals surface area contributed by atoms with Crippen LogP contribution in [0.3, 0.4) is 0 Å². The number of carbonyl (C=O) groups is 1. The molecule has 0 saturated carbocycles. The van der Waals surface area contributed by atoms with Crippen LogP contribution >= 0.6 is 0 Å². The lowest BCUT2D eigenvalue weighted by Gasteiger charge is -2.24. The van der Waals surface area contributed by atoms with E-state index in [0.717, 1.165) is 24.8 Å². The SMILES string of the molecule is CCN(Cc1ccccc1)C(=O)Cc1cc(OC2CCCCO2)ccc1O. The minimum absolute atomic E-state index is 0.0253. The molecule has 1 unspecified atom stereocenters. The van der Waals surface area contributed by atoms with E-state index in [2.05, 4.69) is 0 Å². The zero-order chi connectivity index (χ0) is 19.1. The van der Waals surface area contributed by atoms with Crippen LogP contribution in [0.1, 0.15) is 37.3 Å². The van der Waals surface area contributed by atoms with Gasteiger partial charge in [-0.25, -0.2) is 0 Å². The molecule has 0 bridgehead atoms. The molecule has 1 amide bonds. The maximum Gasteiger partial charge on any atom is 0.227 e. The van der Waals surface area contributed by atoms with Gasteiger partial charge in [0.2, 0.25) is 5.91 Å². The lowest BCUT2D eigenvalue weighted by Crippen LogP contribution is -2.31. The molecule has 0 radical (unpaired) electrons. The van der Waals surface area contributed by atoms with Crippen LogP contribution in [-0.4, -0.2) is 35.4 Å². The predicted molar refractivity (Wildman–Crippen MR) is 104 cm³/mol. The van der Waals surface area contributed by atoms with Gasteiger partial charge in [-0.2, -0.15) is 0 Å². The summed E-state index contributed by atoms with van der Waals surface area (Å²) in [6, 6.07) is 14.9. The molecule has 27 heavy (non-hydrogen) atoms. The average Bonchev–Trinajstić information content (AvgIpc) is 2.70. The number of aromatic hydroxyl groups is 1. The molecular formula is C22H27NO4. The Bertz CT molecular complexity index is 741. The summed E-state index contributed by atoms with van der Waals surface area (Å²) in [7, 11) is 0. The van der Waals surface area contributed by atoms with Crippen molar-refractivity contribution in [1.29, 1.82) is 0 Å². The van der Waals surface area contributed by atoms with E-state index in [-0.39, 0.29) is 24.4 Å². The second kappa shape index (κ2) is 9.42. The number of likely N-dealkylation sites (N-methyl/N-ethyl adjacent to an activating group) is 1. The van der Waals surface area contributed by atoms with Gasteiger partial charge in [-0.05, 0) is 43.5 Å². The van der Waals surface area contributed by atoms with Crippen molar-refractivity contribution >= 4 is 5.91 Å². The molecule has 1 aliphatic rings. The number of rotatable bonds is 7. The largest absolute Gasteiger partial charge is 0.508 e. The van der Waals surface area contributed by atoms with E-state index in [1.165, 1.54) is 0 Å². The molecule has 144 valence electrons. The summed E-state index contributed by atoms with van der Waals surface area (Å²) in [6.45, 7) is 3.84. The molecule has 0 aliphatic carbocycles. The molecule has 1 aliphatic heterocycles. The second-order valence-electron chi connectivity index (χ2n) is 6.77. The Hall–Kier alpha value is -2.53. The van der Waals surface area contributed by atoms with E-state index in [9.17, 15) is 9.90 Å². The Labute approximate surface area is 160 Å². The summed E-state index contributed by atoms with van der Waals surface area (Å²) < 4.78 is 11.5. The topological polar surface area (TPSA) is 59.0 Å². The zero-order valence-corrected chi connectivity index (χ0v) is 15.8. The van der Waals surface area contributed by atoms with E-state index in [0.29, 0.717) is 31.0 Å². The molecule has 0 aromatic heterocycles. The smallest absolute Gasteiger partial charge is 0.227 e. The molecule has 1 N–H and O–H groups in total. The Morgan fingerprint density at radius 1 is 1.22 bits per heavy atom. The normalized spacial score (nSPS) is 16.7. The molecule has 5 heteroatoms. The first-order valence-corrected chi connectivity index (χ1v) is 9.57. The number of ether oxygens (including phenoxy) is 2. The lowest BCUT2D eigenvalue weighted by atomic mass is 10.1. The standard InChI is InChI=1S/C22H27NO4/c1-2-23(16-17-8-4-3-5-9-17)21(25)15-18-14-19(11-12-20(18)24)27-22-10-6-7-13-26-22/h3-5,8-9,11-12,14,22,24H,2,6-7,10,13,15-16H2,1H3. The Balaban J connectivity index is 1.65. The molecule has 1 saturated heterocycles. The number of hydrogen-bond donors (Lipinski definition) is 1. The summed E-state index contributed by atoms with van der Waals surface area (Å²) >= 11 is 0. The average molecular weight is 369 g/mol. The minimum atomic E-state index is -0.253. The quantitative estimate of drug-likeness (QED) is 0.804. The third kappa shape index (κ3) is 5.47. The number of amides is 1. The first kappa shape index (κ1) is 19.2. The number of carbonyl (C=O) groups excluding carboxylic acids is 1. The minimum Gasteiger partial charge on any atom is -0.508 e. The highest BCUT2D eigenvalue weighted by atomic mass is 16.7. The maximum absolute atomic E-state index is 12.8. The summed E-state index contributed by atoms with van der Waals surface area (Å²) in [5.41, 5.74) is 1.66. The van der Waals surface area contributed by atoms with Gasteiger partial charge >= 0.3 is 0 Å². The van der Waals surface area contributed by atoms with Gasteiger partial charge in [-0.1, -0.05) is 30.3 Å². The number of benzene rings is 2.